The summed E-state index contributed by atoms with van der Waals surface area (Å²) in [5.74, 6) is -1.17. The Morgan fingerprint density at radius 2 is 1.60 bits per heavy atom. The maximum atomic E-state index is 13.2. The third-order valence-corrected chi connectivity index (χ3v) is 6.02. The maximum absolute atomic E-state index is 13.2. The fourth-order valence-electron chi connectivity index (χ4n) is 3.22. The van der Waals surface area contributed by atoms with E-state index in [4.69, 9.17) is 17.0 Å². The number of aromatic nitrogens is 2. The van der Waals surface area contributed by atoms with Crippen LogP contribution in [0.2, 0.25) is 0 Å². The molecule has 2 aromatic carbocycles. The van der Waals surface area contributed by atoms with Gasteiger partial charge in [0, 0.05) is 6.42 Å². The van der Waals surface area contributed by atoms with E-state index in [-0.39, 0.29) is 18.9 Å². The first-order valence-corrected chi connectivity index (χ1v) is 12.2. The number of benzene rings is 2. The minimum Gasteiger partial charge on any atom is -0.445 e. The molecule has 0 bridgehead atoms. The third-order valence-electron chi connectivity index (χ3n) is 5.02. The Morgan fingerprint density at radius 1 is 0.971 bits per heavy atom. The van der Waals surface area contributed by atoms with Gasteiger partial charge in [-0.25, -0.2) is 4.79 Å². The number of hydrogen-bond donors (Lipinski definition) is 4. The topological polar surface area (TPSA) is 125 Å². The summed E-state index contributed by atoms with van der Waals surface area (Å²) in [6.07, 6.45) is -0.507. The van der Waals surface area contributed by atoms with Gasteiger partial charge < -0.3 is 15.4 Å². The third kappa shape index (κ3) is 8.30. The molecule has 0 saturated carbocycles. The number of hydrogen-bond acceptors (Lipinski definition) is 7. The highest BCUT2D eigenvalue weighted by molar-refractivity contribution is 7.73. The maximum Gasteiger partial charge on any atom is 0.408 e. The normalized spacial score (nSPS) is 12.4. The van der Waals surface area contributed by atoms with E-state index in [2.05, 4.69) is 26.1 Å². The molecule has 4 N–H and O–H groups in total. The van der Waals surface area contributed by atoms with Crippen molar-refractivity contribution in [2.24, 2.45) is 5.92 Å². The first-order chi connectivity index (χ1) is 16.8. The standard InChI is InChI=1S/C24H27N5O4S2/c1-15(2)19(21(31)27-22-28-29-24(34)35-22)26-20(30)18(13-16-9-5-3-6-10-16)25-23(32)33-14-17-11-7-4-8-12-17/h3-12,15,18-19H,13-14H2,1-2H3,(H,25,32)(H,26,30)(H,29,34)(H,27,28,31)/t18-,19-/m0/s1. The monoisotopic (exact) mass is 513 g/mol. The van der Waals surface area contributed by atoms with E-state index in [1.165, 1.54) is 0 Å². The van der Waals surface area contributed by atoms with Gasteiger partial charge in [-0.3, -0.25) is 20.0 Å². The second-order valence-electron chi connectivity index (χ2n) is 8.09. The lowest BCUT2D eigenvalue weighted by Gasteiger charge is -2.25. The quantitative estimate of drug-likeness (QED) is 0.306. The van der Waals surface area contributed by atoms with Gasteiger partial charge in [-0.2, -0.15) is 0 Å². The Balaban J connectivity index is 1.69. The van der Waals surface area contributed by atoms with Crippen molar-refractivity contribution < 1.29 is 19.1 Å². The molecular weight excluding hydrogens is 486 g/mol. The van der Waals surface area contributed by atoms with Crippen LogP contribution in [0.4, 0.5) is 9.93 Å². The lowest BCUT2D eigenvalue weighted by molar-refractivity contribution is -0.128. The minimum atomic E-state index is -0.956. The van der Waals surface area contributed by atoms with Crippen LogP contribution >= 0.6 is 23.6 Å². The molecule has 0 radical (unpaired) electrons. The number of nitrogens with one attached hydrogen (secondary N) is 4. The number of carbonyl (C=O) groups excluding carboxylic acids is 3. The fraction of sp³-hybridized carbons (Fsp3) is 0.292. The number of rotatable bonds is 10. The zero-order valence-electron chi connectivity index (χ0n) is 19.3. The van der Waals surface area contributed by atoms with Gasteiger partial charge in [-0.15, -0.1) is 5.10 Å². The van der Waals surface area contributed by atoms with Crippen molar-refractivity contribution in [3.05, 3.63) is 75.7 Å². The molecule has 0 aliphatic carbocycles. The lowest BCUT2D eigenvalue weighted by atomic mass is 10.0. The van der Waals surface area contributed by atoms with Crippen LogP contribution in [-0.4, -0.2) is 40.2 Å². The summed E-state index contributed by atoms with van der Waals surface area (Å²) < 4.78 is 5.72. The smallest absolute Gasteiger partial charge is 0.408 e. The number of amides is 3. The molecule has 3 amide bonds. The van der Waals surface area contributed by atoms with Crippen molar-refractivity contribution in [3.63, 3.8) is 0 Å². The molecule has 11 heteroatoms. The number of carbonyl (C=O) groups is 3. The van der Waals surface area contributed by atoms with Crippen molar-refractivity contribution in [1.29, 1.82) is 0 Å². The van der Waals surface area contributed by atoms with Crippen LogP contribution < -0.4 is 16.0 Å². The van der Waals surface area contributed by atoms with Crippen molar-refractivity contribution >= 4 is 46.6 Å². The van der Waals surface area contributed by atoms with Crippen molar-refractivity contribution in [3.8, 4) is 0 Å². The van der Waals surface area contributed by atoms with E-state index in [1.807, 2.05) is 74.5 Å². The van der Waals surface area contributed by atoms with Crippen LogP contribution in [0.25, 0.3) is 0 Å². The highest BCUT2D eigenvalue weighted by atomic mass is 32.1. The second kappa shape index (κ2) is 12.8. The van der Waals surface area contributed by atoms with E-state index in [9.17, 15) is 14.4 Å². The highest BCUT2D eigenvalue weighted by Gasteiger charge is 2.29. The molecule has 1 heterocycles. The number of alkyl carbamates (subject to hydrolysis) is 1. The average molecular weight is 514 g/mol. The predicted molar refractivity (Wildman–Crippen MR) is 136 cm³/mol. The van der Waals surface area contributed by atoms with Crippen LogP contribution in [-0.2, 0) is 27.4 Å². The van der Waals surface area contributed by atoms with E-state index in [1.54, 1.807) is 0 Å². The largest absolute Gasteiger partial charge is 0.445 e. The lowest BCUT2D eigenvalue weighted by Crippen LogP contribution is -2.55. The SMILES string of the molecule is CC(C)[C@H](NC(=O)[C@H](Cc1ccccc1)NC(=O)OCc1ccccc1)C(=O)Nc1n[nH]c(=S)s1. The molecule has 0 unspecified atom stereocenters. The molecule has 0 spiro atoms. The Labute approximate surface area is 212 Å². The number of anilines is 1. The molecule has 3 aromatic rings. The van der Waals surface area contributed by atoms with Gasteiger partial charge in [0.25, 0.3) is 0 Å². The highest BCUT2D eigenvalue weighted by Crippen LogP contribution is 2.13. The summed E-state index contributed by atoms with van der Waals surface area (Å²) in [5.41, 5.74) is 1.67. The van der Waals surface area contributed by atoms with Gasteiger partial charge in [-0.1, -0.05) is 85.8 Å². The molecule has 0 aliphatic heterocycles. The predicted octanol–water partition coefficient (Wildman–Crippen LogP) is 3.82. The van der Waals surface area contributed by atoms with Crippen molar-refractivity contribution in [2.75, 3.05) is 5.32 Å². The molecule has 0 saturated heterocycles. The fourth-order valence-corrected chi connectivity index (χ4v) is 4.01. The van der Waals surface area contributed by atoms with Crippen molar-refractivity contribution in [2.45, 2.75) is 39.0 Å². The first-order valence-electron chi connectivity index (χ1n) is 11.0. The summed E-state index contributed by atoms with van der Waals surface area (Å²) in [6.45, 7) is 3.69. The zero-order chi connectivity index (χ0) is 25.2. The van der Waals surface area contributed by atoms with E-state index in [0.29, 0.717) is 9.09 Å². The van der Waals surface area contributed by atoms with Gasteiger partial charge in [0.05, 0.1) is 0 Å². The molecule has 2 atom stereocenters. The van der Waals surface area contributed by atoms with Crippen LogP contribution in [0.15, 0.2) is 60.7 Å². The molecule has 1 aromatic heterocycles. The molecule has 0 fully saturated rings. The molecule has 35 heavy (non-hydrogen) atoms. The minimum absolute atomic E-state index is 0.0685. The number of ether oxygens (including phenoxy) is 1. The molecule has 0 aliphatic rings. The van der Waals surface area contributed by atoms with Gasteiger partial charge in [-0.05, 0) is 29.3 Å². The Bertz CT molecular complexity index is 1180. The Morgan fingerprint density at radius 3 is 2.17 bits per heavy atom. The summed E-state index contributed by atoms with van der Waals surface area (Å²) in [7, 11) is 0. The Hall–Kier alpha value is -3.57. The van der Waals surface area contributed by atoms with E-state index < -0.39 is 30.0 Å². The van der Waals surface area contributed by atoms with Crippen LogP contribution in [0.5, 0.6) is 0 Å². The van der Waals surface area contributed by atoms with Crippen LogP contribution in [0, 0.1) is 9.87 Å². The molecule has 3 rings (SSSR count). The number of H-pyrrole nitrogens is 1. The van der Waals surface area contributed by atoms with Gasteiger partial charge in [0.2, 0.25) is 16.9 Å². The van der Waals surface area contributed by atoms with Gasteiger partial charge >= 0.3 is 6.09 Å². The molecule has 184 valence electrons. The average Bonchev–Trinajstić information content (AvgIpc) is 3.26. The van der Waals surface area contributed by atoms with Gasteiger partial charge in [0.15, 0.2) is 3.95 Å². The van der Waals surface area contributed by atoms with E-state index in [0.717, 1.165) is 22.5 Å². The summed E-state index contributed by atoms with van der Waals surface area (Å²) in [5, 5.41) is 14.9. The summed E-state index contributed by atoms with van der Waals surface area (Å²) in [6, 6.07) is 16.7. The zero-order valence-corrected chi connectivity index (χ0v) is 20.9. The van der Waals surface area contributed by atoms with Crippen molar-refractivity contribution in [1.82, 2.24) is 20.8 Å². The summed E-state index contributed by atoms with van der Waals surface area (Å²) in [4.78, 5) is 38.6. The second-order valence-corrected chi connectivity index (χ2v) is 9.75. The number of nitrogens with zero attached hydrogens (tertiary/aromatic N) is 1. The molecular formula is C24H27N5O4S2. The van der Waals surface area contributed by atoms with E-state index >= 15 is 0 Å². The Kier molecular flexibility index (Phi) is 9.50. The van der Waals surface area contributed by atoms with Crippen LogP contribution in [0.3, 0.4) is 0 Å². The summed E-state index contributed by atoms with van der Waals surface area (Å²) >= 11 is 6.10. The number of aromatic amines is 1. The van der Waals surface area contributed by atoms with Crippen LogP contribution in [0.1, 0.15) is 25.0 Å². The molecule has 9 nitrogen and oxygen atoms in total. The van der Waals surface area contributed by atoms with Gasteiger partial charge in [0.1, 0.15) is 18.7 Å². The first kappa shape index (κ1) is 26.0.